The second-order valence-corrected chi connectivity index (χ2v) is 6.96. The molecule has 1 saturated heterocycles. The van der Waals surface area contributed by atoms with Crippen LogP contribution >= 0.6 is 24.0 Å². The Kier molecular flexibility index (Phi) is 6.14. The third kappa shape index (κ3) is 4.56. The van der Waals surface area contributed by atoms with Crippen molar-refractivity contribution < 1.29 is 19.0 Å². The number of carbonyl (C=O) groups is 1. The van der Waals surface area contributed by atoms with Crippen molar-refractivity contribution in [1.82, 2.24) is 5.32 Å². The Morgan fingerprint density at radius 1 is 1.00 bits per heavy atom. The summed E-state index contributed by atoms with van der Waals surface area (Å²) in [4.78, 5) is 12.4. The molecule has 134 valence electrons. The molecule has 1 aliphatic rings. The average Bonchev–Trinajstić information content (AvgIpc) is 2.97. The molecular weight excluding hydrogens is 370 g/mol. The standard InChI is InChI=1S/C19H17NO4S2/c1-22-15-8-4-5-9-16(15)24-11-10-23-14-7-3-2-6-13(14)12-17-18(21)20-19(25)26-17/h2-9,12H,10-11H2,1H3,(H,20,21,25)/b17-12-. The van der Waals surface area contributed by atoms with Gasteiger partial charge < -0.3 is 19.5 Å². The van der Waals surface area contributed by atoms with Gasteiger partial charge in [0.25, 0.3) is 5.91 Å². The molecule has 0 radical (unpaired) electrons. The van der Waals surface area contributed by atoms with Crippen LogP contribution in [0, 0.1) is 0 Å². The average molecular weight is 387 g/mol. The fourth-order valence-corrected chi connectivity index (χ4v) is 3.37. The molecule has 0 atom stereocenters. The molecule has 0 saturated carbocycles. The first-order chi connectivity index (χ1) is 12.7. The van der Waals surface area contributed by atoms with Gasteiger partial charge in [0.2, 0.25) is 0 Å². The van der Waals surface area contributed by atoms with Crippen LogP contribution in [0.1, 0.15) is 5.56 Å². The van der Waals surface area contributed by atoms with Gasteiger partial charge in [-0.1, -0.05) is 54.3 Å². The van der Waals surface area contributed by atoms with Gasteiger partial charge in [0.1, 0.15) is 23.3 Å². The lowest BCUT2D eigenvalue weighted by atomic mass is 10.2. The van der Waals surface area contributed by atoms with E-state index < -0.39 is 0 Å². The smallest absolute Gasteiger partial charge is 0.263 e. The van der Waals surface area contributed by atoms with Gasteiger partial charge in [-0.2, -0.15) is 0 Å². The number of para-hydroxylation sites is 3. The molecule has 0 bridgehead atoms. The molecule has 0 unspecified atom stereocenters. The lowest BCUT2D eigenvalue weighted by Gasteiger charge is -2.12. The number of nitrogens with one attached hydrogen (secondary N) is 1. The lowest BCUT2D eigenvalue weighted by molar-refractivity contribution is -0.115. The molecule has 26 heavy (non-hydrogen) atoms. The zero-order valence-electron chi connectivity index (χ0n) is 14.1. The predicted molar refractivity (Wildman–Crippen MR) is 107 cm³/mol. The summed E-state index contributed by atoms with van der Waals surface area (Å²) in [6.45, 7) is 0.723. The van der Waals surface area contributed by atoms with E-state index in [0.29, 0.717) is 39.7 Å². The van der Waals surface area contributed by atoms with Crippen LogP contribution in [0.3, 0.4) is 0 Å². The number of hydrogen-bond acceptors (Lipinski definition) is 6. The summed E-state index contributed by atoms with van der Waals surface area (Å²) in [6.07, 6.45) is 1.77. The monoisotopic (exact) mass is 387 g/mol. The van der Waals surface area contributed by atoms with E-state index in [4.69, 9.17) is 26.4 Å². The maximum absolute atomic E-state index is 11.8. The molecule has 0 aromatic heterocycles. The SMILES string of the molecule is COc1ccccc1OCCOc1ccccc1/C=C1\SC(=S)NC1=O. The Bertz CT molecular complexity index is 851. The van der Waals surface area contributed by atoms with Crippen LogP contribution in [-0.4, -0.2) is 30.6 Å². The summed E-state index contributed by atoms with van der Waals surface area (Å²) in [7, 11) is 1.60. The first kappa shape index (κ1) is 18.3. The molecule has 3 rings (SSSR count). The topological polar surface area (TPSA) is 56.8 Å². The van der Waals surface area contributed by atoms with E-state index in [9.17, 15) is 4.79 Å². The van der Waals surface area contributed by atoms with Crippen molar-refractivity contribution >= 4 is 40.3 Å². The van der Waals surface area contributed by atoms with Gasteiger partial charge >= 0.3 is 0 Å². The second-order valence-electron chi connectivity index (χ2n) is 5.24. The fourth-order valence-electron chi connectivity index (χ4n) is 2.33. The van der Waals surface area contributed by atoms with Crippen LogP contribution in [0.25, 0.3) is 6.08 Å². The Balaban J connectivity index is 1.61. The summed E-state index contributed by atoms with van der Waals surface area (Å²) in [6, 6.07) is 15.0. The van der Waals surface area contributed by atoms with Crippen molar-refractivity contribution in [2.75, 3.05) is 20.3 Å². The number of hydrogen-bond donors (Lipinski definition) is 1. The van der Waals surface area contributed by atoms with Gasteiger partial charge in [0, 0.05) is 5.56 Å². The van der Waals surface area contributed by atoms with E-state index in [-0.39, 0.29) is 5.91 Å². The van der Waals surface area contributed by atoms with Crippen LogP contribution in [0.4, 0.5) is 0 Å². The summed E-state index contributed by atoms with van der Waals surface area (Å²) in [5, 5.41) is 2.60. The van der Waals surface area contributed by atoms with Crippen molar-refractivity contribution in [1.29, 1.82) is 0 Å². The molecule has 7 heteroatoms. The first-order valence-electron chi connectivity index (χ1n) is 7.90. The number of methoxy groups -OCH3 is 1. The summed E-state index contributed by atoms with van der Waals surface area (Å²) < 4.78 is 17.2. The van der Waals surface area contributed by atoms with Crippen molar-refractivity contribution in [3.63, 3.8) is 0 Å². The Morgan fingerprint density at radius 3 is 2.27 bits per heavy atom. The number of thioether (sulfide) groups is 1. The van der Waals surface area contributed by atoms with Crippen LogP contribution < -0.4 is 19.5 Å². The van der Waals surface area contributed by atoms with Gasteiger partial charge in [0.15, 0.2) is 11.5 Å². The molecule has 1 heterocycles. The highest BCUT2D eigenvalue weighted by Gasteiger charge is 2.22. The molecule has 1 N–H and O–H groups in total. The highest BCUT2D eigenvalue weighted by molar-refractivity contribution is 8.26. The molecular formula is C19H17NO4S2. The summed E-state index contributed by atoms with van der Waals surface area (Å²) in [5.74, 6) is 1.84. The van der Waals surface area contributed by atoms with E-state index in [1.54, 1.807) is 13.2 Å². The summed E-state index contributed by atoms with van der Waals surface area (Å²) >= 11 is 6.25. The van der Waals surface area contributed by atoms with Crippen molar-refractivity contribution in [2.24, 2.45) is 0 Å². The Labute approximate surface area is 161 Å². The molecule has 0 aliphatic carbocycles. The molecule has 0 spiro atoms. The van der Waals surface area contributed by atoms with Gasteiger partial charge in [-0.3, -0.25) is 4.79 Å². The lowest BCUT2D eigenvalue weighted by Crippen LogP contribution is -2.17. The minimum Gasteiger partial charge on any atom is -0.493 e. The number of benzene rings is 2. The third-order valence-electron chi connectivity index (χ3n) is 3.52. The van der Waals surface area contributed by atoms with Gasteiger partial charge in [-0.25, -0.2) is 0 Å². The number of rotatable bonds is 7. The highest BCUT2D eigenvalue weighted by atomic mass is 32.2. The molecule has 2 aromatic carbocycles. The van der Waals surface area contributed by atoms with Gasteiger partial charge in [-0.15, -0.1) is 0 Å². The maximum atomic E-state index is 11.8. The minimum atomic E-state index is -0.186. The summed E-state index contributed by atoms with van der Waals surface area (Å²) in [5.41, 5.74) is 0.812. The first-order valence-corrected chi connectivity index (χ1v) is 9.12. The zero-order valence-corrected chi connectivity index (χ0v) is 15.7. The minimum absolute atomic E-state index is 0.186. The molecule has 1 fully saturated rings. The van der Waals surface area contributed by atoms with Crippen LogP contribution in [0.15, 0.2) is 53.4 Å². The largest absolute Gasteiger partial charge is 0.493 e. The van der Waals surface area contributed by atoms with E-state index in [1.165, 1.54) is 11.8 Å². The van der Waals surface area contributed by atoms with Crippen LogP contribution in [-0.2, 0) is 4.79 Å². The molecule has 1 amide bonds. The number of thiocarbonyl (C=S) groups is 1. The van der Waals surface area contributed by atoms with Gasteiger partial charge in [-0.05, 0) is 24.3 Å². The maximum Gasteiger partial charge on any atom is 0.263 e. The number of carbonyl (C=O) groups excluding carboxylic acids is 1. The van der Waals surface area contributed by atoms with E-state index in [0.717, 1.165) is 5.56 Å². The third-order valence-corrected chi connectivity index (χ3v) is 4.68. The number of ether oxygens (including phenoxy) is 3. The highest BCUT2D eigenvalue weighted by Crippen LogP contribution is 2.29. The normalized spacial score (nSPS) is 15.0. The van der Waals surface area contributed by atoms with Crippen molar-refractivity contribution in [2.45, 2.75) is 0 Å². The van der Waals surface area contributed by atoms with E-state index >= 15 is 0 Å². The van der Waals surface area contributed by atoms with Crippen LogP contribution in [0.2, 0.25) is 0 Å². The molecule has 2 aromatic rings. The number of amides is 1. The predicted octanol–water partition coefficient (Wildman–Crippen LogP) is 3.64. The van der Waals surface area contributed by atoms with Crippen molar-refractivity contribution in [3.05, 3.63) is 59.0 Å². The zero-order chi connectivity index (χ0) is 18.4. The van der Waals surface area contributed by atoms with E-state index in [2.05, 4.69) is 5.32 Å². The van der Waals surface area contributed by atoms with Gasteiger partial charge in [0.05, 0.1) is 12.0 Å². The van der Waals surface area contributed by atoms with E-state index in [1.807, 2.05) is 48.5 Å². The fraction of sp³-hybridized carbons (Fsp3) is 0.158. The quantitative estimate of drug-likeness (QED) is 0.445. The Hall–Kier alpha value is -2.51. The van der Waals surface area contributed by atoms with Crippen LogP contribution in [0.5, 0.6) is 17.2 Å². The molecule has 5 nitrogen and oxygen atoms in total. The Morgan fingerprint density at radius 2 is 1.62 bits per heavy atom. The second kappa shape index (κ2) is 8.73. The molecule has 1 aliphatic heterocycles. The van der Waals surface area contributed by atoms with Crippen molar-refractivity contribution in [3.8, 4) is 17.2 Å².